The topological polar surface area (TPSA) is 39.7 Å². The van der Waals surface area contributed by atoms with Crippen LogP contribution in [0.15, 0.2) is 24.3 Å². The molecule has 0 aliphatic carbocycles. The van der Waals surface area contributed by atoms with Crippen LogP contribution in [0.2, 0.25) is 0 Å². The molecule has 4 heteroatoms. The van der Waals surface area contributed by atoms with E-state index in [2.05, 4.69) is 17.4 Å². The first-order valence-electron chi connectivity index (χ1n) is 7.89. The van der Waals surface area contributed by atoms with Crippen LogP contribution < -0.4 is 10.1 Å². The number of methoxy groups -OCH3 is 1. The summed E-state index contributed by atoms with van der Waals surface area (Å²) in [6, 6.07) is 8.24. The fourth-order valence-electron chi connectivity index (χ4n) is 2.86. The van der Waals surface area contributed by atoms with E-state index >= 15 is 0 Å². The van der Waals surface area contributed by atoms with E-state index in [1.54, 1.807) is 7.11 Å². The average molecular weight is 293 g/mol. The van der Waals surface area contributed by atoms with Gasteiger partial charge < -0.3 is 19.5 Å². The summed E-state index contributed by atoms with van der Waals surface area (Å²) in [4.78, 5) is 0. The van der Waals surface area contributed by atoms with E-state index < -0.39 is 0 Å². The van der Waals surface area contributed by atoms with Crippen LogP contribution in [0.3, 0.4) is 0 Å². The molecule has 2 unspecified atom stereocenters. The Bertz CT molecular complexity index is 411. The van der Waals surface area contributed by atoms with Crippen molar-refractivity contribution >= 4 is 0 Å². The molecule has 118 valence electrons. The summed E-state index contributed by atoms with van der Waals surface area (Å²) in [6.45, 7) is 6.11. The van der Waals surface area contributed by atoms with E-state index in [-0.39, 0.29) is 6.10 Å². The van der Waals surface area contributed by atoms with Gasteiger partial charge in [-0.3, -0.25) is 0 Å². The standard InChI is InChI=1S/C17H27NO3/c1-3-20-16-9-5-4-8-15(16)17-14(7-6-11-21-17)13-18-10-12-19-2/h4-5,8-9,14,17-18H,3,6-7,10-13H2,1-2H3. The van der Waals surface area contributed by atoms with Gasteiger partial charge in [0.25, 0.3) is 0 Å². The highest BCUT2D eigenvalue weighted by molar-refractivity contribution is 5.35. The predicted molar refractivity (Wildman–Crippen MR) is 83.8 cm³/mol. The lowest BCUT2D eigenvalue weighted by Gasteiger charge is -2.33. The van der Waals surface area contributed by atoms with Crippen molar-refractivity contribution in [3.8, 4) is 5.75 Å². The maximum absolute atomic E-state index is 6.07. The highest BCUT2D eigenvalue weighted by Crippen LogP contribution is 2.37. The molecule has 0 radical (unpaired) electrons. The first-order chi connectivity index (χ1) is 10.4. The largest absolute Gasteiger partial charge is 0.493 e. The number of ether oxygens (including phenoxy) is 3. The van der Waals surface area contributed by atoms with Gasteiger partial charge in [-0.1, -0.05) is 18.2 Å². The summed E-state index contributed by atoms with van der Waals surface area (Å²) >= 11 is 0. The Hall–Kier alpha value is -1.10. The Morgan fingerprint density at radius 3 is 3.00 bits per heavy atom. The molecule has 0 spiro atoms. The molecule has 1 aliphatic heterocycles. The van der Waals surface area contributed by atoms with Crippen LogP contribution >= 0.6 is 0 Å². The van der Waals surface area contributed by atoms with Gasteiger partial charge in [0.05, 0.1) is 19.3 Å². The van der Waals surface area contributed by atoms with Crippen LogP contribution in [0.5, 0.6) is 5.75 Å². The van der Waals surface area contributed by atoms with E-state index in [9.17, 15) is 0 Å². The van der Waals surface area contributed by atoms with Crippen molar-refractivity contribution < 1.29 is 14.2 Å². The molecule has 1 fully saturated rings. The van der Waals surface area contributed by atoms with E-state index in [4.69, 9.17) is 14.2 Å². The minimum atomic E-state index is 0.122. The lowest BCUT2D eigenvalue weighted by Crippen LogP contribution is -2.33. The lowest BCUT2D eigenvalue weighted by atomic mass is 9.89. The van der Waals surface area contributed by atoms with Gasteiger partial charge in [-0.05, 0) is 25.8 Å². The molecule has 4 nitrogen and oxygen atoms in total. The molecule has 1 N–H and O–H groups in total. The predicted octanol–water partition coefficient (Wildman–Crippen LogP) is 2.79. The number of para-hydroxylation sites is 1. The highest BCUT2D eigenvalue weighted by Gasteiger charge is 2.29. The second kappa shape index (κ2) is 9.03. The maximum atomic E-state index is 6.07. The zero-order valence-corrected chi connectivity index (χ0v) is 13.1. The lowest BCUT2D eigenvalue weighted by molar-refractivity contribution is -0.0293. The fraction of sp³-hybridized carbons (Fsp3) is 0.647. The van der Waals surface area contributed by atoms with Gasteiger partial charge in [-0.25, -0.2) is 0 Å². The molecule has 2 atom stereocenters. The van der Waals surface area contributed by atoms with Crippen molar-refractivity contribution in [3.05, 3.63) is 29.8 Å². The normalized spacial score (nSPS) is 22.2. The Morgan fingerprint density at radius 2 is 2.19 bits per heavy atom. The third kappa shape index (κ3) is 4.70. The highest BCUT2D eigenvalue weighted by atomic mass is 16.5. The maximum Gasteiger partial charge on any atom is 0.125 e. The van der Waals surface area contributed by atoms with Crippen LogP contribution in [0.4, 0.5) is 0 Å². The minimum absolute atomic E-state index is 0.122. The van der Waals surface area contributed by atoms with Crippen molar-refractivity contribution in [2.45, 2.75) is 25.9 Å². The van der Waals surface area contributed by atoms with E-state index in [1.807, 2.05) is 19.1 Å². The van der Waals surface area contributed by atoms with Crippen molar-refractivity contribution in [1.82, 2.24) is 5.32 Å². The molecule has 0 saturated carbocycles. The number of benzene rings is 1. The molecule has 1 saturated heterocycles. The fourth-order valence-corrected chi connectivity index (χ4v) is 2.86. The Kier molecular flexibility index (Phi) is 7.00. The first kappa shape index (κ1) is 16.3. The zero-order chi connectivity index (χ0) is 14.9. The van der Waals surface area contributed by atoms with Crippen LogP contribution in [0.1, 0.15) is 31.4 Å². The summed E-state index contributed by atoms with van der Waals surface area (Å²) in [5.41, 5.74) is 1.18. The Labute approximate surface area is 127 Å². The smallest absolute Gasteiger partial charge is 0.125 e. The van der Waals surface area contributed by atoms with Gasteiger partial charge >= 0.3 is 0 Å². The summed E-state index contributed by atoms with van der Waals surface area (Å²) in [5, 5.41) is 3.46. The van der Waals surface area contributed by atoms with Gasteiger partial charge in [-0.2, -0.15) is 0 Å². The number of rotatable bonds is 8. The molecule has 21 heavy (non-hydrogen) atoms. The molecule has 2 rings (SSSR count). The molecule has 1 heterocycles. The molecule has 0 aromatic heterocycles. The summed E-state index contributed by atoms with van der Waals surface area (Å²) in [5.74, 6) is 1.44. The van der Waals surface area contributed by atoms with Crippen LogP contribution in [0.25, 0.3) is 0 Å². The molecule has 0 amide bonds. The van der Waals surface area contributed by atoms with Gasteiger partial charge in [0.2, 0.25) is 0 Å². The van der Waals surface area contributed by atoms with Gasteiger partial charge in [0, 0.05) is 38.3 Å². The molecular formula is C17H27NO3. The third-order valence-electron chi connectivity index (χ3n) is 3.86. The SMILES string of the molecule is CCOc1ccccc1C1OCCCC1CNCCOC. The van der Waals surface area contributed by atoms with Crippen molar-refractivity contribution in [3.63, 3.8) is 0 Å². The molecule has 1 aromatic rings. The van der Waals surface area contributed by atoms with Crippen molar-refractivity contribution in [1.29, 1.82) is 0 Å². The first-order valence-corrected chi connectivity index (χ1v) is 7.89. The van der Waals surface area contributed by atoms with E-state index in [1.165, 1.54) is 12.0 Å². The van der Waals surface area contributed by atoms with Gasteiger partial charge in [0.15, 0.2) is 0 Å². The van der Waals surface area contributed by atoms with Crippen LogP contribution in [-0.2, 0) is 9.47 Å². The minimum Gasteiger partial charge on any atom is -0.493 e. The van der Waals surface area contributed by atoms with Crippen molar-refractivity contribution in [2.24, 2.45) is 5.92 Å². The number of hydrogen-bond donors (Lipinski definition) is 1. The third-order valence-corrected chi connectivity index (χ3v) is 3.86. The number of nitrogens with one attached hydrogen (secondary N) is 1. The van der Waals surface area contributed by atoms with E-state index in [0.717, 1.165) is 38.5 Å². The molecule has 1 aliphatic rings. The summed E-state index contributed by atoms with van der Waals surface area (Å²) < 4.78 is 16.9. The van der Waals surface area contributed by atoms with Gasteiger partial charge in [0.1, 0.15) is 5.75 Å². The monoisotopic (exact) mass is 293 g/mol. The quantitative estimate of drug-likeness (QED) is 0.748. The second-order valence-corrected chi connectivity index (χ2v) is 5.36. The van der Waals surface area contributed by atoms with Crippen LogP contribution in [-0.4, -0.2) is 40.0 Å². The van der Waals surface area contributed by atoms with Crippen molar-refractivity contribution in [2.75, 3.05) is 40.0 Å². The number of hydrogen-bond acceptors (Lipinski definition) is 4. The van der Waals surface area contributed by atoms with Crippen LogP contribution in [0, 0.1) is 5.92 Å². The molecule has 0 bridgehead atoms. The zero-order valence-electron chi connectivity index (χ0n) is 13.1. The average Bonchev–Trinajstić information content (AvgIpc) is 2.53. The second-order valence-electron chi connectivity index (χ2n) is 5.36. The van der Waals surface area contributed by atoms with Gasteiger partial charge in [-0.15, -0.1) is 0 Å². The molecular weight excluding hydrogens is 266 g/mol. The Morgan fingerprint density at radius 1 is 1.33 bits per heavy atom. The summed E-state index contributed by atoms with van der Waals surface area (Å²) in [7, 11) is 1.73. The molecule has 1 aromatic carbocycles. The summed E-state index contributed by atoms with van der Waals surface area (Å²) in [6.07, 6.45) is 2.44. The van der Waals surface area contributed by atoms with E-state index in [0.29, 0.717) is 12.5 Å². The Balaban J connectivity index is 2.03.